The van der Waals surface area contributed by atoms with Gasteiger partial charge in [-0.3, -0.25) is 4.98 Å². The highest BCUT2D eigenvalue weighted by Gasteiger charge is 2.51. The summed E-state index contributed by atoms with van der Waals surface area (Å²) in [6.45, 7) is 0.200. The number of likely N-dealkylation sites (tertiary alicyclic amines) is 1. The van der Waals surface area contributed by atoms with Gasteiger partial charge < -0.3 is 9.74 Å². The van der Waals surface area contributed by atoms with Crippen LogP contribution in [0.25, 0.3) is 11.1 Å². The van der Waals surface area contributed by atoms with Gasteiger partial charge in [0.15, 0.2) is 6.10 Å². The maximum atomic E-state index is 14.5. The molecule has 1 N–H and O–H groups in total. The number of alkyl halides is 2. The maximum Gasteiger partial charge on any atom is 0.282 e. The van der Waals surface area contributed by atoms with Gasteiger partial charge in [0.2, 0.25) is 10.0 Å². The van der Waals surface area contributed by atoms with E-state index in [1.54, 1.807) is 0 Å². The van der Waals surface area contributed by atoms with Gasteiger partial charge in [-0.2, -0.15) is 0 Å². The molecule has 2 aliphatic rings. The summed E-state index contributed by atoms with van der Waals surface area (Å²) in [5, 5.41) is 3.84. The average molecular weight is 569 g/mol. The molecule has 1 fully saturated rings. The summed E-state index contributed by atoms with van der Waals surface area (Å²) in [5.41, 5.74) is -0.476. The number of amidine groups is 1. The lowest BCUT2D eigenvalue weighted by Gasteiger charge is -2.17. The molecule has 4 rings (SSSR count). The first kappa shape index (κ1) is 24.8. The molecule has 2 atom stereocenters. The van der Waals surface area contributed by atoms with Crippen LogP contribution < -0.4 is 4.72 Å². The molecule has 2 aliphatic heterocycles. The van der Waals surface area contributed by atoms with Crippen molar-refractivity contribution in [3.8, 4) is 11.1 Å². The fraction of sp³-hybridized carbons (Fsp3) is 0.400. The van der Waals surface area contributed by atoms with Crippen LogP contribution in [-0.4, -0.2) is 54.9 Å². The van der Waals surface area contributed by atoms with Crippen LogP contribution in [0.4, 0.5) is 22.0 Å². The number of nitrogens with zero attached hydrogens (tertiary/aromatic N) is 3. The van der Waals surface area contributed by atoms with Gasteiger partial charge >= 0.3 is 0 Å². The molecular formula is C20H18BrF5N4O3S. The van der Waals surface area contributed by atoms with Gasteiger partial charge in [-0.15, -0.1) is 0 Å². The normalized spacial score (nSPS) is 22.1. The lowest BCUT2D eigenvalue weighted by Crippen LogP contribution is -2.47. The molecule has 1 aromatic heterocycles. The van der Waals surface area contributed by atoms with E-state index < -0.39 is 57.7 Å². The summed E-state index contributed by atoms with van der Waals surface area (Å²) in [6.07, 6.45) is 0.330. The first-order valence-electron chi connectivity index (χ1n) is 10.1. The van der Waals surface area contributed by atoms with E-state index in [2.05, 4.69) is 26.1 Å². The third kappa shape index (κ3) is 4.89. The summed E-state index contributed by atoms with van der Waals surface area (Å²) >= 11 is 3.18. The van der Waals surface area contributed by atoms with Crippen LogP contribution in [0.1, 0.15) is 25.1 Å². The standard InChI is InChI=1S/C20H18BrF5N4O3S/c1-2-34(31,32)29-16-8-30(9-20(16,25)26)17-6-15(33-28-17)19-12(3-10(21)7-27-19)18-13(23)4-11(22)5-14(18)24/h3-5,7,15-16,29H,2,6,8-9H2,1H3/t15-,16+/m0/s1. The smallest absolute Gasteiger partial charge is 0.282 e. The first-order valence-corrected chi connectivity index (χ1v) is 12.5. The highest BCUT2D eigenvalue weighted by atomic mass is 79.9. The molecule has 0 amide bonds. The summed E-state index contributed by atoms with van der Waals surface area (Å²) in [4.78, 5) is 10.7. The number of rotatable bonds is 5. The molecule has 34 heavy (non-hydrogen) atoms. The van der Waals surface area contributed by atoms with Gasteiger partial charge in [-0.25, -0.2) is 35.1 Å². The van der Waals surface area contributed by atoms with Gasteiger partial charge in [0.25, 0.3) is 5.92 Å². The molecule has 0 saturated carbocycles. The molecule has 14 heteroatoms. The van der Waals surface area contributed by atoms with Crippen molar-refractivity contribution in [2.45, 2.75) is 31.4 Å². The van der Waals surface area contributed by atoms with Crippen LogP contribution in [0.3, 0.4) is 0 Å². The number of nitrogens with one attached hydrogen (secondary N) is 1. The summed E-state index contributed by atoms with van der Waals surface area (Å²) < 4.78 is 97.2. The summed E-state index contributed by atoms with van der Waals surface area (Å²) in [6, 6.07) is 0.792. The molecule has 0 radical (unpaired) electrons. The third-order valence-corrected chi connectivity index (χ3v) is 7.34. The second-order valence-electron chi connectivity index (χ2n) is 7.85. The lowest BCUT2D eigenvalue weighted by atomic mass is 9.98. The van der Waals surface area contributed by atoms with Crippen LogP contribution in [0, 0.1) is 17.5 Å². The van der Waals surface area contributed by atoms with E-state index in [-0.39, 0.29) is 35.8 Å². The Kier molecular flexibility index (Phi) is 6.59. The topological polar surface area (TPSA) is 83.9 Å². The van der Waals surface area contributed by atoms with E-state index in [1.807, 2.05) is 4.72 Å². The van der Waals surface area contributed by atoms with Gasteiger partial charge in [0, 0.05) is 34.9 Å². The van der Waals surface area contributed by atoms with Crippen LogP contribution in [-0.2, 0) is 14.9 Å². The number of pyridine rings is 1. The van der Waals surface area contributed by atoms with Crippen molar-refractivity contribution in [3.63, 3.8) is 0 Å². The number of benzene rings is 1. The second-order valence-corrected chi connectivity index (χ2v) is 10.8. The second kappa shape index (κ2) is 9.04. The van der Waals surface area contributed by atoms with Gasteiger partial charge in [-0.05, 0) is 28.9 Å². The summed E-state index contributed by atoms with van der Waals surface area (Å²) in [5.74, 6) is -6.98. The zero-order valence-corrected chi connectivity index (χ0v) is 19.9. The zero-order valence-electron chi connectivity index (χ0n) is 17.5. The number of oxime groups is 1. The minimum Gasteiger partial charge on any atom is -0.384 e. The van der Waals surface area contributed by atoms with E-state index in [9.17, 15) is 30.4 Å². The third-order valence-electron chi connectivity index (χ3n) is 5.50. The fourth-order valence-electron chi connectivity index (χ4n) is 3.81. The molecule has 3 heterocycles. The van der Waals surface area contributed by atoms with Crippen molar-refractivity contribution in [1.82, 2.24) is 14.6 Å². The molecule has 1 aromatic carbocycles. The van der Waals surface area contributed by atoms with Crippen molar-refractivity contribution < 1.29 is 35.2 Å². The molecule has 0 unspecified atom stereocenters. The predicted molar refractivity (Wildman–Crippen MR) is 116 cm³/mol. The van der Waals surface area contributed by atoms with Crippen LogP contribution in [0.5, 0.6) is 0 Å². The summed E-state index contributed by atoms with van der Waals surface area (Å²) in [7, 11) is -3.87. The molecule has 0 bridgehead atoms. The Labute approximate surface area is 200 Å². The van der Waals surface area contributed by atoms with Crippen molar-refractivity contribution >= 4 is 31.8 Å². The van der Waals surface area contributed by atoms with Gasteiger partial charge in [0.1, 0.15) is 29.3 Å². The predicted octanol–water partition coefficient (Wildman–Crippen LogP) is 3.96. The van der Waals surface area contributed by atoms with E-state index in [1.165, 1.54) is 24.1 Å². The molecule has 1 saturated heterocycles. The monoisotopic (exact) mass is 568 g/mol. The number of sulfonamides is 1. The molecular weight excluding hydrogens is 551 g/mol. The highest BCUT2D eigenvalue weighted by Crippen LogP contribution is 2.39. The van der Waals surface area contributed by atoms with Gasteiger partial charge in [0.05, 0.1) is 30.0 Å². The zero-order chi connectivity index (χ0) is 24.8. The molecule has 0 aliphatic carbocycles. The molecule has 2 aromatic rings. The molecule has 0 spiro atoms. The SMILES string of the molecule is CCS(=O)(=O)N[C@@H]1CN(C2=NO[C@H](c3ncc(Br)cc3-c3c(F)cc(F)cc3F)C2)CC1(F)F. The minimum absolute atomic E-state index is 0.0221. The largest absolute Gasteiger partial charge is 0.384 e. The fourth-order valence-corrected chi connectivity index (χ4v) is 4.99. The van der Waals surface area contributed by atoms with Crippen molar-refractivity contribution in [2.75, 3.05) is 18.8 Å². The van der Waals surface area contributed by atoms with Crippen molar-refractivity contribution in [1.29, 1.82) is 0 Å². The Balaban J connectivity index is 1.58. The Morgan fingerprint density at radius 1 is 1.24 bits per heavy atom. The van der Waals surface area contributed by atoms with E-state index >= 15 is 0 Å². The van der Waals surface area contributed by atoms with Gasteiger partial charge in [-0.1, -0.05) is 5.16 Å². The van der Waals surface area contributed by atoms with E-state index in [4.69, 9.17) is 4.84 Å². The highest BCUT2D eigenvalue weighted by molar-refractivity contribution is 9.10. The number of hydrogen-bond donors (Lipinski definition) is 1. The van der Waals surface area contributed by atoms with Crippen molar-refractivity contribution in [2.24, 2.45) is 5.16 Å². The van der Waals surface area contributed by atoms with Crippen LogP contribution >= 0.6 is 15.9 Å². The first-order chi connectivity index (χ1) is 15.9. The van der Waals surface area contributed by atoms with Crippen LogP contribution in [0.15, 0.2) is 34.0 Å². The quantitative estimate of drug-likeness (QED) is 0.552. The molecule has 184 valence electrons. The van der Waals surface area contributed by atoms with E-state index in [0.29, 0.717) is 16.6 Å². The average Bonchev–Trinajstić information content (AvgIpc) is 3.32. The van der Waals surface area contributed by atoms with Crippen LogP contribution in [0.2, 0.25) is 0 Å². The Bertz CT molecular complexity index is 1240. The molecule has 7 nitrogen and oxygen atoms in total. The number of hydrogen-bond acceptors (Lipinski definition) is 6. The lowest BCUT2D eigenvalue weighted by molar-refractivity contribution is -0.00126. The Morgan fingerprint density at radius 2 is 1.91 bits per heavy atom. The minimum atomic E-state index is -3.87. The number of aromatic nitrogens is 1. The van der Waals surface area contributed by atoms with E-state index in [0.717, 1.165) is 0 Å². The Hall–Kier alpha value is -2.32. The number of halogens is 6. The maximum absolute atomic E-state index is 14.5. The van der Waals surface area contributed by atoms with Crippen molar-refractivity contribution in [3.05, 3.63) is 52.0 Å². The Morgan fingerprint density at radius 3 is 2.56 bits per heavy atom.